The van der Waals surface area contributed by atoms with Crippen LogP contribution in [0.25, 0.3) is 0 Å². The van der Waals surface area contributed by atoms with E-state index in [0.29, 0.717) is 23.6 Å². The first-order valence-electron chi connectivity index (χ1n) is 12.7. The summed E-state index contributed by atoms with van der Waals surface area (Å²) in [5.74, 6) is 0.263. The van der Waals surface area contributed by atoms with Crippen LogP contribution in [0.2, 0.25) is 0 Å². The fraction of sp³-hybridized carbons (Fsp3) is 0.481. The average molecular weight is 530 g/mol. The number of rotatable bonds is 10. The summed E-state index contributed by atoms with van der Waals surface area (Å²) < 4.78 is 37.4. The van der Waals surface area contributed by atoms with Crippen molar-refractivity contribution in [1.82, 2.24) is 10.2 Å². The number of nitrogens with one attached hydrogen (secondary N) is 1. The minimum Gasteiger partial charge on any atom is -0.454 e. The van der Waals surface area contributed by atoms with Gasteiger partial charge in [0.2, 0.25) is 28.6 Å². The topological polar surface area (TPSA) is 105 Å². The quantitative estimate of drug-likeness (QED) is 0.506. The van der Waals surface area contributed by atoms with Crippen LogP contribution in [0.15, 0.2) is 42.5 Å². The second kappa shape index (κ2) is 11.4. The van der Waals surface area contributed by atoms with Crippen molar-refractivity contribution in [3.05, 3.63) is 53.6 Å². The van der Waals surface area contributed by atoms with Gasteiger partial charge in [-0.25, -0.2) is 8.42 Å². The standard InChI is InChI=1S/C27H35N3O6S/c1-4-23(27(32)28-21-10-5-6-11-21)29(16-20-9-7-8-19(2)14-20)26(31)17-30(37(3,33)34)22-12-13-24-25(15-22)36-18-35-24/h7-9,12-15,21,23H,4-6,10-11,16-18H2,1-3H3,(H,28,32)/t23-/m0/s1. The zero-order valence-electron chi connectivity index (χ0n) is 21.6. The van der Waals surface area contributed by atoms with Gasteiger partial charge in [0.1, 0.15) is 12.6 Å². The van der Waals surface area contributed by atoms with Crippen molar-refractivity contribution in [2.75, 3.05) is 23.9 Å². The number of hydrogen-bond acceptors (Lipinski definition) is 6. The molecule has 2 aliphatic rings. The predicted octanol–water partition coefficient (Wildman–Crippen LogP) is 3.36. The number of carbonyl (C=O) groups is 2. The van der Waals surface area contributed by atoms with E-state index in [1.807, 2.05) is 38.1 Å². The summed E-state index contributed by atoms with van der Waals surface area (Å²) in [6.07, 6.45) is 5.47. The number of fused-ring (bicyclic) bond motifs is 1. The van der Waals surface area contributed by atoms with Crippen molar-refractivity contribution < 1.29 is 27.5 Å². The van der Waals surface area contributed by atoms with Gasteiger partial charge in [-0.2, -0.15) is 0 Å². The monoisotopic (exact) mass is 529 g/mol. The normalized spacial score (nSPS) is 15.9. The molecule has 0 spiro atoms. The van der Waals surface area contributed by atoms with Crippen LogP contribution in [0.5, 0.6) is 11.5 Å². The molecule has 1 aliphatic heterocycles. The zero-order valence-corrected chi connectivity index (χ0v) is 22.4. The first-order chi connectivity index (χ1) is 17.7. The van der Waals surface area contributed by atoms with Crippen molar-refractivity contribution in [3.8, 4) is 11.5 Å². The van der Waals surface area contributed by atoms with E-state index in [1.165, 1.54) is 4.90 Å². The number of amides is 2. The fourth-order valence-corrected chi connectivity index (χ4v) is 5.79. The van der Waals surface area contributed by atoms with E-state index in [9.17, 15) is 18.0 Å². The minimum absolute atomic E-state index is 0.0507. The highest BCUT2D eigenvalue weighted by Gasteiger charge is 2.33. The van der Waals surface area contributed by atoms with Gasteiger partial charge in [-0.05, 0) is 43.9 Å². The van der Waals surface area contributed by atoms with Crippen molar-refractivity contribution in [2.45, 2.75) is 64.6 Å². The Morgan fingerprint density at radius 1 is 1.08 bits per heavy atom. The highest BCUT2D eigenvalue weighted by atomic mass is 32.2. The Labute approximate surface area is 218 Å². The maximum absolute atomic E-state index is 13.8. The molecule has 0 saturated heterocycles. The van der Waals surface area contributed by atoms with Gasteiger partial charge in [-0.1, -0.05) is 49.6 Å². The number of anilines is 1. The highest BCUT2D eigenvalue weighted by molar-refractivity contribution is 7.92. The molecule has 1 heterocycles. The molecule has 2 amide bonds. The van der Waals surface area contributed by atoms with Crippen LogP contribution in [0.4, 0.5) is 5.69 Å². The van der Waals surface area contributed by atoms with Gasteiger partial charge in [0, 0.05) is 18.7 Å². The molecule has 200 valence electrons. The summed E-state index contributed by atoms with van der Waals surface area (Å²) >= 11 is 0. The van der Waals surface area contributed by atoms with E-state index in [1.54, 1.807) is 18.2 Å². The van der Waals surface area contributed by atoms with Crippen molar-refractivity contribution in [2.24, 2.45) is 0 Å². The molecule has 0 radical (unpaired) electrons. The second-order valence-electron chi connectivity index (χ2n) is 9.73. The maximum atomic E-state index is 13.8. The zero-order chi connectivity index (χ0) is 26.6. The Balaban J connectivity index is 1.63. The molecule has 1 aliphatic carbocycles. The molecule has 9 nitrogen and oxygen atoms in total. The number of nitrogens with zero attached hydrogens (tertiary/aromatic N) is 2. The van der Waals surface area contributed by atoms with E-state index < -0.39 is 28.5 Å². The Kier molecular flexibility index (Phi) is 8.26. The Hall–Kier alpha value is -3.27. The molecule has 1 atom stereocenters. The SMILES string of the molecule is CC[C@@H](C(=O)NC1CCCC1)N(Cc1cccc(C)c1)C(=O)CN(c1ccc2c(c1)OCO2)S(C)(=O)=O. The van der Waals surface area contributed by atoms with Gasteiger partial charge in [0.05, 0.1) is 11.9 Å². The number of carbonyl (C=O) groups excluding carboxylic acids is 2. The average Bonchev–Trinajstić information content (AvgIpc) is 3.53. The molecule has 1 saturated carbocycles. The van der Waals surface area contributed by atoms with Gasteiger partial charge in [-0.3, -0.25) is 13.9 Å². The van der Waals surface area contributed by atoms with Crippen LogP contribution in [0.1, 0.15) is 50.2 Å². The Bertz CT molecular complexity index is 1240. The smallest absolute Gasteiger partial charge is 0.244 e. The van der Waals surface area contributed by atoms with Gasteiger partial charge in [0.15, 0.2) is 11.5 Å². The summed E-state index contributed by atoms with van der Waals surface area (Å²) in [6, 6.07) is 11.9. The van der Waals surface area contributed by atoms with Gasteiger partial charge in [-0.15, -0.1) is 0 Å². The lowest BCUT2D eigenvalue weighted by atomic mass is 10.1. The summed E-state index contributed by atoms with van der Waals surface area (Å²) in [5, 5.41) is 3.11. The highest BCUT2D eigenvalue weighted by Crippen LogP contribution is 2.36. The summed E-state index contributed by atoms with van der Waals surface area (Å²) in [5.41, 5.74) is 2.19. The number of ether oxygens (including phenoxy) is 2. The molecule has 1 fully saturated rings. The molecule has 1 N–H and O–H groups in total. The molecule has 2 aromatic rings. The summed E-state index contributed by atoms with van der Waals surface area (Å²) in [4.78, 5) is 28.7. The molecular weight excluding hydrogens is 494 g/mol. The van der Waals surface area contributed by atoms with Gasteiger partial charge in [0.25, 0.3) is 0 Å². The third-order valence-electron chi connectivity index (χ3n) is 6.85. The molecule has 0 bridgehead atoms. The number of aryl methyl sites for hydroxylation is 1. The van der Waals surface area contributed by atoms with E-state index in [-0.39, 0.29) is 25.3 Å². The van der Waals surface area contributed by atoms with E-state index in [4.69, 9.17) is 9.47 Å². The van der Waals surface area contributed by atoms with E-state index in [2.05, 4.69) is 5.32 Å². The van der Waals surface area contributed by atoms with Crippen LogP contribution in [0, 0.1) is 6.92 Å². The lowest BCUT2D eigenvalue weighted by molar-refractivity contribution is -0.140. The van der Waals surface area contributed by atoms with Gasteiger partial charge >= 0.3 is 0 Å². The number of hydrogen-bond donors (Lipinski definition) is 1. The van der Waals surface area contributed by atoms with Crippen molar-refractivity contribution in [3.63, 3.8) is 0 Å². The third kappa shape index (κ3) is 6.54. The Morgan fingerprint density at radius 3 is 2.49 bits per heavy atom. The van der Waals surface area contributed by atoms with Crippen molar-refractivity contribution in [1.29, 1.82) is 0 Å². The Morgan fingerprint density at radius 2 is 1.81 bits per heavy atom. The van der Waals surface area contributed by atoms with Crippen LogP contribution in [-0.2, 0) is 26.2 Å². The molecule has 10 heteroatoms. The largest absolute Gasteiger partial charge is 0.454 e. The lowest BCUT2D eigenvalue weighted by Crippen LogP contribution is -2.53. The molecule has 2 aromatic carbocycles. The van der Waals surface area contributed by atoms with Crippen LogP contribution in [0.3, 0.4) is 0 Å². The maximum Gasteiger partial charge on any atom is 0.244 e. The molecule has 37 heavy (non-hydrogen) atoms. The van der Waals surface area contributed by atoms with Crippen LogP contribution < -0.4 is 19.1 Å². The number of sulfonamides is 1. The van der Waals surface area contributed by atoms with E-state index >= 15 is 0 Å². The van der Waals surface area contributed by atoms with Crippen molar-refractivity contribution >= 4 is 27.5 Å². The van der Waals surface area contributed by atoms with Crippen LogP contribution in [-0.4, -0.2) is 56.8 Å². The first-order valence-corrected chi connectivity index (χ1v) is 14.5. The van der Waals surface area contributed by atoms with Gasteiger partial charge < -0.3 is 19.7 Å². The predicted molar refractivity (Wildman–Crippen MR) is 141 cm³/mol. The summed E-state index contributed by atoms with van der Waals surface area (Å²) in [6.45, 7) is 3.62. The van der Waals surface area contributed by atoms with E-state index in [0.717, 1.165) is 47.4 Å². The first kappa shape index (κ1) is 26.8. The third-order valence-corrected chi connectivity index (χ3v) is 7.99. The second-order valence-corrected chi connectivity index (χ2v) is 11.6. The lowest BCUT2D eigenvalue weighted by Gasteiger charge is -2.33. The minimum atomic E-state index is -3.83. The summed E-state index contributed by atoms with van der Waals surface area (Å²) in [7, 11) is -3.83. The molecular formula is C27H35N3O6S. The molecule has 0 aromatic heterocycles. The van der Waals surface area contributed by atoms with Crippen LogP contribution >= 0.6 is 0 Å². The fourth-order valence-electron chi connectivity index (χ4n) is 4.95. The number of benzene rings is 2. The molecule has 0 unspecified atom stereocenters. The molecule has 4 rings (SSSR count).